The highest BCUT2D eigenvalue weighted by Crippen LogP contribution is 2.32. The fourth-order valence-electron chi connectivity index (χ4n) is 4.05. The molecule has 6 heteroatoms. The number of nitrogens with one attached hydrogen (secondary N) is 1. The lowest BCUT2D eigenvalue weighted by atomic mass is 10.1. The van der Waals surface area contributed by atoms with Crippen LogP contribution in [0.2, 0.25) is 10.0 Å². The minimum Gasteiger partial charge on any atom is -0.370 e. The Morgan fingerprint density at radius 1 is 1.04 bits per heavy atom. The summed E-state index contributed by atoms with van der Waals surface area (Å²) in [5.74, 6) is 1.11. The van der Waals surface area contributed by atoms with Gasteiger partial charge in [0.2, 0.25) is 0 Å². The summed E-state index contributed by atoms with van der Waals surface area (Å²) in [6.45, 7) is 4.53. The van der Waals surface area contributed by atoms with Crippen LogP contribution in [0.4, 0.5) is 5.82 Å². The molecule has 1 fully saturated rings. The summed E-state index contributed by atoms with van der Waals surface area (Å²) in [5.41, 5.74) is 3.47. The number of fused-ring (bicyclic) bond motifs is 1. The molecule has 2 aliphatic heterocycles. The Labute approximate surface area is 165 Å². The fraction of sp³-hybridized carbons (Fsp3) is 0.550. The van der Waals surface area contributed by atoms with Crippen molar-refractivity contribution in [3.63, 3.8) is 0 Å². The van der Waals surface area contributed by atoms with Gasteiger partial charge in [0.15, 0.2) is 0 Å². The van der Waals surface area contributed by atoms with Crippen LogP contribution in [0.15, 0.2) is 18.2 Å². The lowest BCUT2D eigenvalue weighted by Gasteiger charge is -2.26. The summed E-state index contributed by atoms with van der Waals surface area (Å²) in [6, 6.07) is 5.62. The van der Waals surface area contributed by atoms with Crippen LogP contribution in [-0.4, -0.2) is 40.9 Å². The van der Waals surface area contributed by atoms with Crippen molar-refractivity contribution in [2.75, 3.05) is 31.5 Å². The van der Waals surface area contributed by atoms with Crippen molar-refractivity contribution in [3.05, 3.63) is 39.5 Å². The molecule has 3 heterocycles. The van der Waals surface area contributed by atoms with Gasteiger partial charge in [0.05, 0.1) is 16.4 Å². The van der Waals surface area contributed by atoms with E-state index in [1.165, 1.54) is 56.5 Å². The van der Waals surface area contributed by atoms with Gasteiger partial charge in [-0.3, -0.25) is 0 Å². The van der Waals surface area contributed by atoms with Crippen molar-refractivity contribution >= 4 is 29.0 Å². The Morgan fingerprint density at radius 3 is 2.69 bits per heavy atom. The first kappa shape index (κ1) is 18.1. The average molecular weight is 393 g/mol. The molecule has 4 nitrogen and oxygen atoms in total. The van der Waals surface area contributed by atoms with Gasteiger partial charge in [-0.2, -0.15) is 5.10 Å². The largest absolute Gasteiger partial charge is 0.370 e. The zero-order valence-corrected chi connectivity index (χ0v) is 16.6. The van der Waals surface area contributed by atoms with Crippen LogP contribution in [0.5, 0.6) is 0 Å². The standard InChI is InChI=1S/C20H26Cl2N4/c21-15-7-8-19(17(22)14-15)26-20-16(6-2-3-10-23-20)18(24-26)9-13-25-11-4-1-5-12-25/h7-8,14,23H,1-6,9-13H2. The predicted octanol–water partition coefficient (Wildman–Crippen LogP) is 4.96. The van der Waals surface area contributed by atoms with Gasteiger partial charge in [0.25, 0.3) is 0 Å². The van der Waals surface area contributed by atoms with Gasteiger partial charge in [-0.25, -0.2) is 4.68 Å². The zero-order valence-electron chi connectivity index (χ0n) is 15.1. The highest BCUT2D eigenvalue weighted by atomic mass is 35.5. The Hall–Kier alpha value is -1.23. The molecule has 0 radical (unpaired) electrons. The van der Waals surface area contributed by atoms with E-state index in [9.17, 15) is 0 Å². The first-order valence-corrected chi connectivity index (χ1v) is 10.5. The Morgan fingerprint density at radius 2 is 1.88 bits per heavy atom. The van der Waals surface area contributed by atoms with Crippen LogP contribution in [0.3, 0.4) is 0 Å². The third-order valence-corrected chi connectivity index (χ3v) is 6.00. The molecular formula is C20H26Cl2N4. The molecule has 26 heavy (non-hydrogen) atoms. The summed E-state index contributed by atoms with van der Waals surface area (Å²) in [7, 11) is 0. The van der Waals surface area contributed by atoms with Crippen molar-refractivity contribution in [1.29, 1.82) is 0 Å². The molecule has 1 N–H and O–H groups in total. The molecule has 2 aromatic rings. The number of aromatic nitrogens is 2. The summed E-state index contributed by atoms with van der Waals surface area (Å²) in [4.78, 5) is 2.58. The van der Waals surface area contributed by atoms with Crippen molar-refractivity contribution in [2.45, 2.75) is 44.9 Å². The van der Waals surface area contributed by atoms with E-state index in [1.54, 1.807) is 6.07 Å². The van der Waals surface area contributed by atoms with Gasteiger partial charge < -0.3 is 10.2 Å². The molecule has 0 bridgehead atoms. The van der Waals surface area contributed by atoms with Gasteiger partial charge in [-0.15, -0.1) is 0 Å². The molecule has 0 unspecified atom stereocenters. The molecule has 1 aromatic carbocycles. The molecule has 0 saturated carbocycles. The van der Waals surface area contributed by atoms with E-state index in [-0.39, 0.29) is 0 Å². The van der Waals surface area contributed by atoms with Gasteiger partial charge in [-0.05, 0) is 63.4 Å². The molecular weight excluding hydrogens is 367 g/mol. The van der Waals surface area contributed by atoms with Crippen LogP contribution >= 0.6 is 23.2 Å². The lowest BCUT2D eigenvalue weighted by Crippen LogP contribution is -2.31. The van der Waals surface area contributed by atoms with Crippen molar-refractivity contribution in [2.24, 2.45) is 0 Å². The Balaban J connectivity index is 1.64. The van der Waals surface area contributed by atoms with Gasteiger partial charge in [0.1, 0.15) is 5.82 Å². The summed E-state index contributed by atoms with van der Waals surface area (Å²) in [5, 5.41) is 9.85. The molecule has 0 spiro atoms. The second kappa shape index (κ2) is 8.20. The van der Waals surface area contributed by atoms with Crippen molar-refractivity contribution in [1.82, 2.24) is 14.7 Å². The van der Waals surface area contributed by atoms with E-state index in [4.69, 9.17) is 28.3 Å². The number of hydrogen-bond acceptors (Lipinski definition) is 3. The number of halogens is 2. The SMILES string of the molecule is Clc1ccc(-n2nc(CCN3CCCCC3)c3c2NCCCC3)c(Cl)c1. The quantitative estimate of drug-likeness (QED) is 0.798. The second-order valence-electron chi connectivity index (χ2n) is 7.32. The second-order valence-corrected chi connectivity index (χ2v) is 8.16. The first-order chi connectivity index (χ1) is 12.7. The van der Waals surface area contributed by atoms with Gasteiger partial charge in [-0.1, -0.05) is 29.6 Å². The number of nitrogens with zero attached hydrogens (tertiary/aromatic N) is 3. The van der Waals surface area contributed by atoms with E-state index in [1.807, 2.05) is 16.8 Å². The topological polar surface area (TPSA) is 33.1 Å². The third kappa shape index (κ3) is 3.88. The molecule has 1 saturated heterocycles. The minimum absolute atomic E-state index is 0.636. The van der Waals surface area contributed by atoms with Crippen LogP contribution in [0.25, 0.3) is 5.69 Å². The van der Waals surface area contributed by atoms with Crippen LogP contribution < -0.4 is 5.32 Å². The minimum atomic E-state index is 0.636. The first-order valence-electron chi connectivity index (χ1n) is 9.75. The van der Waals surface area contributed by atoms with E-state index >= 15 is 0 Å². The normalized spacial score (nSPS) is 18.2. The highest BCUT2D eigenvalue weighted by molar-refractivity contribution is 6.35. The molecule has 4 rings (SSSR count). The maximum Gasteiger partial charge on any atom is 0.133 e. The van der Waals surface area contributed by atoms with E-state index in [2.05, 4.69) is 10.2 Å². The Kier molecular flexibility index (Phi) is 5.72. The predicted molar refractivity (Wildman–Crippen MR) is 109 cm³/mol. The average Bonchev–Trinajstić information content (AvgIpc) is 2.81. The van der Waals surface area contributed by atoms with Crippen LogP contribution in [0, 0.1) is 0 Å². The van der Waals surface area contributed by atoms with E-state index in [0.717, 1.165) is 37.4 Å². The molecule has 0 atom stereocenters. The summed E-state index contributed by atoms with van der Waals surface area (Å²) < 4.78 is 1.99. The van der Waals surface area contributed by atoms with Crippen molar-refractivity contribution < 1.29 is 0 Å². The number of hydrogen-bond donors (Lipinski definition) is 1. The number of anilines is 1. The van der Waals surface area contributed by atoms with Crippen LogP contribution in [-0.2, 0) is 12.8 Å². The third-order valence-electron chi connectivity index (χ3n) is 5.46. The number of piperidine rings is 1. The van der Waals surface area contributed by atoms with E-state index in [0.29, 0.717) is 10.0 Å². The van der Waals surface area contributed by atoms with Gasteiger partial charge in [0, 0.05) is 30.1 Å². The monoisotopic (exact) mass is 392 g/mol. The maximum absolute atomic E-state index is 6.47. The molecule has 0 aliphatic carbocycles. The molecule has 0 amide bonds. The lowest BCUT2D eigenvalue weighted by molar-refractivity contribution is 0.230. The molecule has 140 valence electrons. The highest BCUT2D eigenvalue weighted by Gasteiger charge is 2.22. The number of rotatable bonds is 4. The molecule has 1 aromatic heterocycles. The molecule has 2 aliphatic rings. The van der Waals surface area contributed by atoms with Gasteiger partial charge >= 0.3 is 0 Å². The van der Waals surface area contributed by atoms with E-state index < -0.39 is 0 Å². The summed E-state index contributed by atoms with van der Waals surface area (Å²) in [6.07, 6.45) is 8.51. The number of benzene rings is 1. The van der Waals surface area contributed by atoms with Crippen molar-refractivity contribution in [3.8, 4) is 5.69 Å². The van der Waals surface area contributed by atoms with Crippen LogP contribution in [0.1, 0.15) is 43.4 Å². The smallest absolute Gasteiger partial charge is 0.133 e. The fourth-order valence-corrected chi connectivity index (χ4v) is 4.54. The summed E-state index contributed by atoms with van der Waals surface area (Å²) >= 11 is 12.6. The Bertz CT molecular complexity index is 765. The maximum atomic E-state index is 6.47. The zero-order chi connectivity index (χ0) is 17.9. The number of likely N-dealkylation sites (tertiary alicyclic amines) is 1.